The lowest BCUT2D eigenvalue weighted by Crippen LogP contribution is -2.26. The lowest BCUT2D eigenvalue weighted by Gasteiger charge is -2.13. The fourth-order valence-electron chi connectivity index (χ4n) is 2.64. The summed E-state index contributed by atoms with van der Waals surface area (Å²) in [6.45, 7) is 5.43. The van der Waals surface area contributed by atoms with Crippen LogP contribution in [0, 0.1) is 11.7 Å². The first-order valence-corrected chi connectivity index (χ1v) is 9.36. The van der Waals surface area contributed by atoms with Gasteiger partial charge in [-0.15, -0.1) is 11.3 Å². The molecule has 2 aromatic heterocycles. The Labute approximate surface area is 152 Å². The van der Waals surface area contributed by atoms with Crippen molar-refractivity contribution in [1.82, 2.24) is 9.88 Å². The van der Waals surface area contributed by atoms with E-state index in [0.29, 0.717) is 18.2 Å². The molecule has 3 aromatic rings. The second-order valence-corrected chi connectivity index (χ2v) is 8.61. The number of rotatable bonds is 5. The number of hydrogen-bond donors (Lipinski definition) is 1. The second-order valence-electron chi connectivity index (χ2n) is 6.14. The molecule has 0 saturated heterocycles. The van der Waals surface area contributed by atoms with Gasteiger partial charge < -0.3 is 9.88 Å². The van der Waals surface area contributed by atoms with Crippen molar-refractivity contribution in [2.45, 2.75) is 26.9 Å². The molecule has 0 aliphatic carbocycles. The van der Waals surface area contributed by atoms with Gasteiger partial charge in [0, 0.05) is 13.1 Å². The molecule has 0 saturated carbocycles. The van der Waals surface area contributed by atoms with Crippen LogP contribution < -0.4 is 5.32 Å². The number of carbonyl (C=O) groups excluding carboxylic acids is 1. The van der Waals surface area contributed by atoms with E-state index in [2.05, 4.69) is 45.7 Å². The molecular weight excluding hydrogens is 391 g/mol. The average molecular weight is 409 g/mol. The van der Waals surface area contributed by atoms with Gasteiger partial charge >= 0.3 is 0 Å². The Bertz CT molecular complexity index is 867. The minimum absolute atomic E-state index is 0.112. The van der Waals surface area contributed by atoms with Gasteiger partial charge in [-0.1, -0.05) is 26.0 Å². The van der Waals surface area contributed by atoms with Gasteiger partial charge in [-0.05, 0) is 51.7 Å². The zero-order chi connectivity index (χ0) is 17.3. The maximum atomic E-state index is 12.9. The first-order chi connectivity index (χ1) is 11.4. The molecule has 0 fully saturated rings. The molecule has 0 unspecified atom stereocenters. The Kier molecular flexibility index (Phi) is 5.06. The Morgan fingerprint density at radius 1 is 1.29 bits per heavy atom. The number of nitrogens with one attached hydrogen (secondary N) is 1. The van der Waals surface area contributed by atoms with Crippen LogP contribution in [0.15, 0.2) is 40.2 Å². The van der Waals surface area contributed by atoms with Crippen molar-refractivity contribution in [2.24, 2.45) is 5.92 Å². The number of aromatic nitrogens is 1. The first kappa shape index (κ1) is 17.2. The molecule has 0 radical (unpaired) electrons. The number of hydrogen-bond acceptors (Lipinski definition) is 2. The maximum absolute atomic E-state index is 12.9. The van der Waals surface area contributed by atoms with Crippen LogP contribution in [0.4, 0.5) is 4.39 Å². The Balaban J connectivity index is 1.83. The Hall–Kier alpha value is -1.66. The van der Waals surface area contributed by atoms with Gasteiger partial charge in [0.2, 0.25) is 0 Å². The third kappa shape index (κ3) is 3.70. The van der Waals surface area contributed by atoms with Crippen LogP contribution in [-0.2, 0) is 13.1 Å². The topological polar surface area (TPSA) is 34.0 Å². The summed E-state index contributed by atoms with van der Waals surface area (Å²) in [6, 6.07) is 10.1. The number of nitrogens with zero attached hydrogens (tertiary/aromatic N) is 1. The number of halogens is 2. The lowest BCUT2D eigenvalue weighted by atomic mass is 10.2. The molecule has 0 bridgehead atoms. The van der Waals surface area contributed by atoms with Gasteiger partial charge in [0.15, 0.2) is 0 Å². The molecule has 126 valence electrons. The van der Waals surface area contributed by atoms with Crippen LogP contribution in [0.5, 0.6) is 0 Å². The third-order valence-corrected chi connectivity index (χ3v) is 5.28. The quantitative estimate of drug-likeness (QED) is 0.618. The number of thiophene rings is 1. The number of carbonyl (C=O) groups is 1. The SMILES string of the molecule is CC(C)Cn1c(C(=O)NCc2ccc(F)cc2)cc2sc(Br)cc21. The Morgan fingerprint density at radius 2 is 2.00 bits per heavy atom. The lowest BCUT2D eigenvalue weighted by molar-refractivity contribution is 0.0941. The van der Waals surface area contributed by atoms with E-state index in [9.17, 15) is 9.18 Å². The van der Waals surface area contributed by atoms with E-state index in [1.165, 1.54) is 12.1 Å². The van der Waals surface area contributed by atoms with Gasteiger partial charge in [0.1, 0.15) is 11.5 Å². The van der Waals surface area contributed by atoms with Crippen molar-refractivity contribution in [3.05, 3.63) is 57.3 Å². The predicted octanol–water partition coefficient (Wildman–Crippen LogP) is 5.19. The molecule has 0 spiro atoms. The van der Waals surface area contributed by atoms with Gasteiger partial charge in [0.05, 0.1) is 14.0 Å². The molecule has 0 aliphatic heterocycles. The molecule has 6 heteroatoms. The van der Waals surface area contributed by atoms with Crippen molar-refractivity contribution < 1.29 is 9.18 Å². The molecule has 2 heterocycles. The van der Waals surface area contributed by atoms with Crippen molar-refractivity contribution >= 4 is 43.4 Å². The van der Waals surface area contributed by atoms with Crippen molar-refractivity contribution in [1.29, 1.82) is 0 Å². The summed E-state index contributed by atoms with van der Waals surface area (Å²) in [5.41, 5.74) is 2.61. The average Bonchev–Trinajstić information content (AvgIpc) is 3.03. The van der Waals surface area contributed by atoms with Crippen molar-refractivity contribution in [2.75, 3.05) is 0 Å². The number of benzene rings is 1. The third-order valence-electron chi connectivity index (χ3n) is 3.71. The highest BCUT2D eigenvalue weighted by atomic mass is 79.9. The van der Waals surface area contributed by atoms with E-state index in [4.69, 9.17) is 0 Å². The van der Waals surface area contributed by atoms with Crippen LogP contribution >= 0.6 is 27.3 Å². The standard InChI is InChI=1S/C18H18BrFN2OS/c1-11(2)10-22-14-8-17(19)24-16(14)7-15(22)18(23)21-9-12-3-5-13(20)6-4-12/h3-8,11H,9-10H2,1-2H3,(H,21,23). The molecular formula is C18H18BrFN2OS. The van der Waals surface area contributed by atoms with E-state index >= 15 is 0 Å². The summed E-state index contributed by atoms with van der Waals surface area (Å²) in [4.78, 5) is 12.6. The summed E-state index contributed by atoms with van der Waals surface area (Å²) in [5.74, 6) is 0.0455. The molecule has 0 aliphatic rings. The Morgan fingerprint density at radius 3 is 2.67 bits per heavy atom. The minimum Gasteiger partial charge on any atom is -0.347 e. The van der Waals surface area contributed by atoms with Gasteiger partial charge in [-0.3, -0.25) is 4.79 Å². The highest BCUT2D eigenvalue weighted by Crippen LogP contribution is 2.33. The maximum Gasteiger partial charge on any atom is 0.268 e. The van der Waals surface area contributed by atoms with Crippen LogP contribution in [0.3, 0.4) is 0 Å². The van der Waals surface area contributed by atoms with Gasteiger partial charge in [0.25, 0.3) is 5.91 Å². The van der Waals surface area contributed by atoms with E-state index in [0.717, 1.165) is 26.1 Å². The van der Waals surface area contributed by atoms with Crippen LogP contribution in [0.2, 0.25) is 0 Å². The fourth-order valence-corrected chi connectivity index (χ4v) is 4.20. The second kappa shape index (κ2) is 7.07. The minimum atomic E-state index is -0.276. The van der Waals surface area contributed by atoms with E-state index in [1.54, 1.807) is 23.5 Å². The summed E-state index contributed by atoms with van der Waals surface area (Å²) in [6.07, 6.45) is 0. The predicted molar refractivity (Wildman–Crippen MR) is 99.9 cm³/mol. The van der Waals surface area contributed by atoms with E-state index < -0.39 is 0 Å². The molecule has 3 nitrogen and oxygen atoms in total. The fraction of sp³-hybridized carbons (Fsp3) is 0.278. The van der Waals surface area contributed by atoms with Crippen molar-refractivity contribution in [3.8, 4) is 0 Å². The summed E-state index contributed by atoms with van der Waals surface area (Å²) in [5, 5.41) is 2.92. The largest absolute Gasteiger partial charge is 0.347 e. The monoisotopic (exact) mass is 408 g/mol. The highest BCUT2D eigenvalue weighted by molar-refractivity contribution is 9.11. The number of fused-ring (bicyclic) bond motifs is 1. The van der Waals surface area contributed by atoms with Crippen LogP contribution in [-0.4, -0.2) is 10.5 Å². The molecule has 24 heavy (non-hydrogen) atoms. The number of amides is 1. The summed E-state index contributed by atoms with van der Waals surface area (Å²) >= 11 is 5.13. The smallest absolute Gasteiger partial charge is 0.268 e. The van der Waals surface area contributed by atoms with Crippen LogP contribution in [0.25, 0.3) is 10.2 Å². The first-order valence-electron chi connectivity index (χ1n) is 7.75. The summed E-state index contributed by atoms with van der Waals surface area (Å²) < 4.78 is 17.2. The molecule has 1 aromatic carbocycles. The van der Waals surface area contributed by atoms with Crippen molar-refractivity contribution in [3.63, 3.8) is 0 Å². The molecule has 0 atom stereocenters. The molecule has 3 rings (SSSR count). The van der Waals surface area contributed by atoms with E-state index in [-0.39, 0.29) is 11.7 Å². The normalized spacial score (nSPS) is 11.4. The van der Waals surface area contributed by atoms with Gasteiger partial charge in [-0.25, -0.2) is 4.39 Å². The molecule has 1 N–H and O–H groups in total. The zero-order valence-corrected chi connectivity index (χ0v) is 15.9. The van der Waals surface area contributed by atoms with Gasteiger partial charge in [-0.2, -0.15) is 0 Å². The zero-order valence-electron chi connectivity index (χ0n) is 13.5. The molecule has 1 amide bonds. The summed E-state index contributed by atoms with van der Waals surface area (Å²) in [7, 11) is 0. The van der Waals surface area contributed by atoms with Crippen LogP contribution in [0.1, 0.15) is 29.9 Å². The highest BCUT2D eigenvalue weighted by Gasteiger charge is 2.18. The van der Waals surface area contributed by atoms with E-state index in [1.807, 2.05) is 6.07 Å².